The van der Waals surface area contributed by atoms with Crippen LogP contribution < -0.4 is 0 Å². The summed E-state index contributed by atoms with van der Waals surface area (Å²) in [5.74, 6) is 0.252. The fourth-order valence-electron chi connectivity index (χ4n) is 1.66. The van der Waals surface area contributed by atoms with Crippen LogP contribution in [0.5, 0.6) is 5.75 Å². The molecule has 0 atom stereocenters. The fraction of sp³-hybridized carbons (Fsp3) is 0.417. The van der Waals surface area contributed by atoms with Gasteiger partial charge in [0.05, 0.1) is 10.7 Å². The maximum atomic E-state index is 9.38. The Morgan fingerprint density at radius 3 is 2.65 bits per heavy atom. The molecule has 4 nitrogen and oxygen atoms in total. The maximum absolute atomic E-state index is 9.38. The topological polar surface area (TPSA) is 39.1 Å². The molecule has 0 aromatic heterocycles. The maximum Gasteiger partial charge on any atom is 0.129 e. The SMILES string of the molecule is CN1CCN(/N=C/c2ccc(O)c(Br)c2)CC1. The first-order chi connectivity index (χ1) is 8.15. The third kappa shape index (κ3) is 3.44. The van der Waals surface area contributed by atoms with Crippen molar-refractivity contribution in [2.75, 3.05) is 33.2 Å². The minimum atomic E-state index is 0.252. The number of halogens is 1. The van der Waals surface area contributed by atoms with Crippen molar-refractivity contribution in [3.63, 3.8) is 0 Å². The number of phenolic OH excluding ortho intramolecular Hbond substituents is 1. The van der Waals surface area contributed by atoms with E-state index in [4.69, 9.17) is 0 Å². The molecule has 1 aromatic rings. The highest BCUT2D eigenvalue weighted by atomic mass is 79.9. The minimum absolute atomic E-state index is 0.252. The summed E-state index contributed by atoms with van der Waals surface area (Å²) in [6, 6.07) is 5.37. The molecule has 1 aliphatic rings. The Hall–Kier alpha value is -1.07. The van der Waals surface area contributed by atoms with Crippen LogP contribution in [0.15, 0.2) is 27.8 Å². The quantitative estimate of drug-likeness (QED) is 0.845. The highest BCUT2D eigenvalue weighted by molar-refractivity contribution is 9.10. The number of hydrogen-bond donors (Lipinski definition) is 1. The molecular weight excluding hydrogens is 282 g/mol. The summed E-state index contributed by atoms with van der Waals surface area (Å²) >= 11 is 3.29. The molecule has 0 bridgehead atoms. The predicted molar refractivity (Wildman–Crippen MR) is 72.5 cm³/mol. The fourth-order valence-corrected chi connectivity index (χ4v) is 2.06. The Kier molecular flexibility index (Phi) is 4.02. The molecule has 17 heavy (non-hydrogen) atoms. The number of hydrazone groups is 1. The number of aromatic hydroxyl groups is 1. The first-order valence-electron chi connectivity index (χ1n) is 5.61. The number of benzene rings is 1. The van der Waals surface area contributed by atoms with E-state index in [1.807, 2.05) is 18.3 Å². The van der Waals surface area contributed by atoms with E-state index in [-0.39, 0.29) is 5.75 Å². The third-order valence-corrected chi connectivity index (χ3v) is 3.46. The van der Waals surface area contributed by atoms with Crippen LogP contribution in [-0.2, 0) is 0 Å². The largest absolute Gasteiger partial charge is 0.507 e. The second-order valence-corrected chi connectivity index (χ2v) is 5.07. The second-order valence-electron chi connectivity index (χ2n) is 4.21. The summed E-state index contributed by atoms with van der Waals surface area (Å²) in [6.45, 7) is 4.03. The van der Waals surface area contributed by atoms with Crippen LogP contribution in [0.3, 0.4) is 0 Å². The van der Waals surface area contributed by atoms with Crippen molar-refractivity contribution in [3.05, 3.63) is 28.2 Å². The lowest BCUT2D eigenvalue weighted by Crippen LogP contribution is -2.41. The molecule has 1 aliphatic heterocycles. The zero-order valence-corrected chi connectivity index (χ0v) is 11.4. The van der Waals surface area contributed by atoms with Crippen molar-refractivity contribution in [2.45, 2.75) is 0 Å². The zero-order valence-electron chi connectivity index (χ0n) is 9.80. The van der Waals surface area contributed by atoms with Crippen molar-refractivity contribution >= 4 is 22.1 Å². The van der Waals surface area contributed by atoms with Gasteiger partial charge in [-0.15, -0.1) is 0 Å². The Morgan fingerprint density at radius 2 is 2.00 bits per heavy atom. The highest BCUT2D eigenvalue weighted by Crippen LogP contribution is 2.23. The van der Waals surface area contributed by atoms with E-state index < -0.39 is 0 Å². The standard InChI is InChI=1S/C12H16BrN3O/c1-15-4-6-16(7-5-15)14-9-10-2-3-12(17)11(13)8-10/h2-3,8-9,17H,4-7H2,1H3/b14-9+. The predicted octanol–water partition coefficient (Wildman–Crippen LogP) is 1.74. The van der Waals surface area contributed by atoms with E-state index in [0.29, 0.717) is 4.47 Å². The van der Waals surface area contributed by atoms with Crippen molar-refractivity contribution in [3.8, 4) is 5.75 Å². The van der Waals surface area contributed by atoms with Gasteiger partial charge in [-0.25, -0.2) is 0 Å². The zero-order chi connectivity index (χ0) is 12.3. The first-order valence-corrected chi connectivity index (χ1v) is 6.40. The van der Waals surface area contributed by atoms with Crippen LogP contribution in [0.2, 0.25) is 0 Å². The van der Waals surface area contributed by atoms with Gasteiger partial charge in [0.2, 0.25) is 0 Å². The van der Waals surface area contributed by atoms with Crippen molar-refractivity contribution in [2.24, 2.45) is 5.10 Å². The second kappa shape index (κ2) is 5.51. The van der Waals surface area contributed by atoms with Gasteiger partial charge in [-0.05, 0) is 46.7 Å². The van der Waals surface area contributed by atoms with Gasteiger partial charge in [0, 0.05) is 26.2 Å². The lowest BCUT2D eigenvalue weighted by atomic mass is 10.2. The molecule has 92 valence electrons. The van der Waals surface area contributed by atoms with Crippen LogP contribution in [0.1, 0.15) is 5.56 Å². The van der Waals surface area contributed by atoms with E-state index in [1.165, 1.54) is 0 Å². The molecule has 1 fully saturated rings. The average molecular weight is 298 g/mol. The van der Waals surface area contributed by atoms with Crippen LogP contribution >= 0.6 is 15.9 Å². The lowest BCUT2D eigenvalue weighted by Gasteiger charge is -2.30. The molecule has 5 heteroatoms. The van der Waals surface area contributed by atoms with Crippen LogP contribution in [-0.4, -0.2) is 54.5 Å². The van der Waals surface area contributed by atoms with Gasteiger partial charge in [0.1, 0.15) is 5.75 Å². The molecule has 0 radical (unpaired) electrons. The molecular formula is C12H16BrN3O. The monoisotopic (exact) mass is 297 g/mol. The van der Waals surface area contributed by atoms with Crippen molar-refractivity contribution < 1.29 is 5.11 Å². The van der Waals surface area contributed by atoms with Gasteiger partial charge in [-0.1, -0.05) is 0 Å². The van der Waals surface area contributed by atoms with E-state index in [9.17, 15) is 5.11 Å². The van der Waals surface area contributed by atoms with E-state index in [0.717, 1.165) is 31.7 Å². The summed E-state index contributed by atoms with van der Waals surface area (Å²) in [5.41, 5.74) is 0.980. The van der Waals surface area contributed by atoms with Gasteiger partial charge < -0.3 is 10.0 Å². The molecule has 0 spiro atoms. The van der Waals surface area contributed by atoms with Crippen LogP contribution in [0.25, 0.3) is 0 Å². The van der Waals surface area contributed by atoms with Crippen molar-refractivity contribution in [1.82, 2.24) is 9.91 Å². The number of nitrogens with zero attached hydrogens (tertiary/aromatic N) is 3. The molecule has 0 aliphatic carbocycles. The molecule has 0 unspecified atom stereocenters. The normalized spacial score (nSPS) is 17.9. The first kappa shape index (κ1) is 12.4. The van der Waals surface area contributed by atoms with Gasteiger partial charge in [-0.2, -0.15) is 5.10 Å². The molecule has 2 rings (SSSR count). The van der Waals surface area contributed by atoms with Gasteiger partial charge >= 0.3 is 0 Å². The summed E-state index contributed by atoms with van der Waals surface area (Å²) in [7, 11) is 2.12. The van der Waals surface area contributed by atoms with Crippen LogP contribution in [0, 0.1) is 0 Å². The van der Waals surface area contributed by atoms with E-state index in [2.05, 4.69) is 38.0 Å². The molecule has 0 amide bonds. The molecule has 1 heterocycles. The van der Waals surface area contributed by atoms with Crippen LogP contribution in [0.4, 0.5) is 0 Å². The highest BCUT2D eigenvalue weighted by Gasteiger charge is 2.10. The average Bonchev–Trinajstić information content (AvgIpc) is 2.33. The number of hydrogen-bond acceptors (Lipinski definition) is 4. The number of phenols is 1. The summed E-state index contributed by atoms with van der Waals surface area (Å²) < 4.78 is 0.694. The minimum Gasteiger partial charge on any atom is -0.507 e. The third-order valence-electron chi connectivity index (χ3n) is 2.82. The Morgan fingerprint density at radius 1 is 1.29 bits per heavy atom. The number of likely N-dealkylation sites (N-methyl/N-ethyl adjacent to an activating group) is 1. The molecule has 0 saturated carbocycles. The summed E-state index contributed by atoms with van der Waals surface area (Å²) in [4.78, 5) is 2.29. The number of piperazine rings is 1. The molecule has 1 saturated heterocycles. The number of rotatable bonds is 2. The van der Waals surface area contributed by atoms with E-state index >= 15 is 0 Å². The molecule has 1 N–H and O–H groups in total. The Balaban J connectivity index is 1.97. The summed E-state index contributed by atoms with van der Waals surface area (Å²) in [6.07, 6.45) is 1.83. The van der Waals surface area contributed by atoms with Crippen molar-refractivity contribution in [1.29, 1.82) is 0 Å². The Labute approximate surface area is 110 Å². The van der Waals surface area contributed by atoms with Gasteiger partial charge in [0.15, 0.2) is 0 Å². The van der Waals surface area contributed by atoms with Gasteiger partial charge in [-0.3, -0.25) is 5.01 Å². The Bertz CT molecular complexity index is 414. The molecule has 1 aromatic carbocycles. The lowest BCUT2D eigenvalue weighted by molar-refractivity contribution is 0.159. The van der Waals surface area contributed by atoms with Gasteiger partial charge in [0.25, 0.3) is 0 Å². The van der Waals surface area contributed by atoms with E-state index in [1.54, 1.807) is 6.07 Å². The smallest absolute Gasteiger partial charge is 0.129 e. The summed E-state index contributed by atoms with van der Waals surface area (Å²) in [5, 5.41) is 15.9.